The maximum Gasteiger partial charge on any atom is 0.329 e. The largest absolute Gasteiger partial charge is 0.329 e. The second kappa shape index (κ2) is 5.51. The fourth-order valence-corrected chi connectivity index (χ4v) is 2.58. The van der Waals surface area contributed by atoms with Gasteiger partial charge in [0, 0.05) is 16.3 Å². The predicted octanol–water partition coefficient (Wildman–Crippen LogP) is 2.93. The summed E-state index contributed by atoms with van der Waals surface area (Å²) in [5.74, 6) is -0.316. The Hall–Kier alpha value is -2.84. The molecule has 6 heteroatoms. The number of amides is 3. The summed E-state index contributed by atoms with van der Waals surface area (Å²) in [6.45, 7) is 0.0236. The quantitative estimate of drug-likeness (QED) is 0.867. The number of nitrogens with one attached hydrogen (secondary N) is 1. The molecule has 3 rings (SSSR count). The molecule has 108 valence electrons. The SMILES string of the molecule is N#Cc1ccc(-c2ccc(N3CC(=O)NC3=O)cc2)c(Cl)c1. The molecule has 0 unspecified atom stereocenters. The third-order valence-corrected chi connectivity index (χ3v) is 3.69. The Balaban J connectivity index is 1.90. The first-order valence-corrected chi connectivity index (χ1v) is 6.88. The molecule has 1 aliphatic rings. The van der Waals surface area contributed by atoms with Gasteiger partial charge in [-0.2, -0.15) is 5.26 Å². The molecule has 0 spiro atoms. The molecule has 1 aliphatic heterocycles. The molecule has 0 radical (unpaired) electrons. The first-order chi connectivity index (χ1) is 10.6. The standard InChI is InChI=1S/C16H10ClN3O2/c17-14-7-10(8-18)1-6-13(14)11-2-4-12(5-3-11)20-9-15(21)19-16(20)22/h1-7H,9H2,(H,19,21,22). The van der Waals surface area contributed by atoms with E-state index in [9.17, 15) is 9.59 Å². The molecule has 22 heavy (non-hydrogen) atoms. The van der Waals surface area contributed by atoms with Gasteiger partial charge in [-0.25, -0.2) is 4.79 Å². The summed E-state index contributed by atoms with van der Waals surface area (Å²) < 4.78 is 0. The van der Waals surface area contributed by atoms with Gasteiger partial charge in [0.2, 0.25) is 5.91 Å². The Kier molecular flexibility index (Phi) is 3.53. The lowest BCUT2D eigenvalue weighted by atomic mass is 10.0. The molecule has 1 saturated heterocycles. The van der Waals surface area contributed by atoms with Gasteiger partial charge in [-0.3, -0.25) is 15.0 Å². The molecule has 5 nitrogen and oxygen atoms in total. The molecule has 0 saturated carbocycles. The van der Waals surface area contributed by atoms with Gasteiger partial charge in [0.15, 0.2) is 0 Å². The Morgan fingerprint density at radius 2 is 1.86 bits per heavy atom. The fourth-order valence-electron chi connectivity index (χ4n) is 2.29. The number of carbonyl (C=O) groups is 2. The smallest absolute Gasteiger partial charge is 0.285 e. The van der Waals surface area contributed by atoms with Gasteiger partial charge in [0.25, 0.3) is 0 Å². The highest BCUT2D eigenvalue weighted by Gasteiger charge is 2.27. The van der Waals surface area contributed by atoms with Crippen LogP contribution in [0, 0.1) is 11.3 Å². The summed E-state index contributed by atoms with van der Waals surface area (Å²) in [6.07, 6.45) is 0. The number of nitriles is 1. The molecule has 0 aromatic heterocycles. The van der Waals surface area contributed by atoms with Crippen molar-refractivity contribution in [3.63, 3.8) is 0 Å². The summed E-state index contributed by atoms with van der Waals surface area (Å²) in [6, 6.07) is 13.8. The van der Waals surface area contributed by atoms with E-state index in [1.165, 1.54) is 4.90 Å². The minimum absolute atomic E-state index is 0.0236. The highest BCUT2D eigenvalue weighted by molar-refractivity contribution is 6.33. The number of benzene rings is 2. The first kappa shape index (κ1) is 14.1. The number of nitrogens with zero attached hydrogens (tertiary/aromatic N) is 2. The zero-order valence-corrected chi connectivity index (χ0v) is 12.1. The fraction of sp³-hybridized carbons (Fsp3) is 0.0625. The van der Waals surface area contributed by atoms with Gasteiger partial charge >= 0.3 is 6.03 Å². The Morgan fingerprint density at radius 3 is 2.41 bits per heavy atom. The number of anilines is 1. The minimum atomic E-state index is -0.422. The van der Waals surface area contributed by atoms with E-state index in [0.29, 0.717) is 16.3 Å². The van der Waals surface area contributed by atoms with Crippen LogP contribution in [0.25, 0.3) is 11.1 Å². The molecule has 1 N–H and O–H groups in total. The van der Waals surface area contributed by atoms with Crippen molar-refractivity contribution in [3.8, 4) is 17.2 Å². The normalized spacial score (nSPS) is 13.9. The highest BCUT2D eigenvalue weighted by atomic mass is 35.5. The monoisotopic (exact) mass is 311 g/mol. The molecule has 1 fully saturated rings. The maximum absolute atomic E-state index is 11.6. The van der Waals surface area contributed by atoms with Gasteiger partial charge in [-0.1, -0.05) is 29.8 Å². The van der Waals surface area contributed by atoms with Crippen molar-refractivity contribution in [2.24, 2.45) is 0 Å². The molecule has 3 amide bonds. The average Bonchev–Trinajstić information content (AvgIpc) is 2.86. The Labute approximate surface area is 131 Å². The summed E-state index contributed by atoms with van der Waals surface area (Å²) in [5, 5.41) is 11.6. The van der Waals surface area contributed by atoms with Crippen molar-refractivity contribution < 1.29 is 9.59 Å². The lowest BCUT2D eigenvalue weighted by Gasteiger charge is -2.14. The molecule has 2 aromatic carbocycles. The van der Waals surface area contributed by atoms with E-state index < -0.39 is 6.03 Å². The predicted molar refractivity (Wildman–Crippen MR) is 82.5 cm³/mol. The third-order valence-electron chi connectivity index (χ3n) is 3.38. The topological polar surface area (TPSA) is 73.2 Å². The van der Waals surface area contributed by atoms with E-state index in [4.69, 9.17) is 16.9 Å². The number of hydrogen-bond acceptors (Lipinski definition) is 3. The van der Waals surface area contributed by atoms with Crippen LogP contribution >= 0.6 is 11.6 Å². The summed E-state index contributed by atoms with van der Waals surface area (Å²) in [5.41, 5.74) is 2.80. The van der Waals surface area contributed by atoms with Crippen LogP contribution in [-0.2, 0) is 4.79 Å². The van der Waals surface area contributed by atoms with Crippen molar-refractivity contribution in [1.29, 1.82) is 5.26 Å². The van der Waals surface area contributed by atoms with Crippen LogP contribution in [0.2, 0.25) is 5.02 Å². The van der Waals surface area contributed by atoms with Crippen molar-refractivity contribution in [3.05, 3.63) is 53.1 Å². The highest BCUT2D eigenvalue weighted by Crippen LogP contribution is 2.30. The van der Waals surface area contributed by atoms with Crippen LogP contribution in [0.1, 0.15) is 5.56 Å². The van der Waals surface area contributed by atoms with Crippen molar-refractivity contribution in [2.75, 3.05) is 11.4 Å². The maximum atomic E-state index is 11.6. The zero-order valence-electron chi connectivity index (χ0n) is 11.3. The van der Waals surface area contributed by atoms with Gasteiger partial charge in [-0.15, -0.1) is 0 Å². The van der Waals surface area contributed by atoms with Crippen LogP contribution in [0.15, 0.2) is 42.5 Å². The lowest BCUT2D eigenvalue weighted by Crippen LogP contribution is -2.27. The number of hydrogen-bond donors (Lipinski definition) is 1. The van der Waals surface area contributed by atoms with Crippen LogP contribution < -0.4 is 10.2 Å². The van der Waals surface area contributed by atoms with Crippen LogP contribution in [-0.4, -0.2) is 18.5 Å². The van der Waals surface area contributed by atoms with E-state index in [1.807, 2.05) is 18.2 Å². The minimum Gasteiger partial charge on any atom is -0.285 e. The van der Waals surface area contributed by atoms with Crippen LogP contribution in [0.3, 0.4) is 0 Å². The van der Waals surface area contributed by atoms with Crippen molar-refractivity contribution in [1.82, 2.24) is 5.32 Å². The van der Waals surface area contributed by atoms with Gasteiger partial charge < -0.3 is 0 Å². The third kappa shape index (κ3) is 2.52. The molecule has 0 atom stereocenters. The molecular weight excluding hydrogens is 302 g/mol. The first-order valence-electron chi connectivity index (χ1n) is 6.50. The van der Waals surface area contributed by atoms with Crippen molar-refractivity contribution >= 4 is 29.2 Å². The summed E-state index contributed by atoms with van der Waals surface area (Å²) in [7, 11) is 0. The van der Waals surface area contributed by atoms with Crippen LogP contribution in [0.5, 0.6) is 0 Å². The summed E-state index contributed by atoms with van der Waals surface area (Å²) >= 11 is 6.18. The number of imide groups is 1. The molecule has 2 aromatic rings. The van der Waals surface area contributed by atoms with Gasteiger partial charge in [0.1, 0.15) is 6.54 Å². The lowest BCUT2D eigenvalue weighted by molar-refractivity contribution is -0.117. The number of carbonyl (C=O) groups excluding carboxylic acids is 2. The number of rotatable bonds is 2. The van der Waals surface area contributed by atoms with E-state index >= 15 is 0 Å². The van der Waals surface area contributed by atoms with E-state index in [0.717, 1.165) is 11.1 Å². The van der Waals surface area contributed by atoms with Crippen LogP contribution in [0.4, 0.5) is 10.5 Å². The van der Waals surface area contributed by atoms with E-state index in [1.54, 1.807) is 30.3 Å². The Bertz CT molecular complexity index is 809. The molecule has 1 heterocycles. The second-order valence-corrected chi connectivity index (χ2v) is 5.20. The van der Waals surface area contributed by atoms with Gasteiger partial charge in [0.05, 0.1) is 11.6 Å². The van der Waals surface area contributed by atoms with E-state index in [2.05, 4.69) is 5.32 Å². The molecule has 0 aliphatic carbocycles. The number of halogens is 1. The zero-order chi connectivity index (χ0) is 15.7. The molecular formula is C16H10ClN3O2. The Morgan fingerprint density at radius 1 is 1.14 bits per heavy atom. The number of urea groups is 1. The average molecular weight is 312 g/mol. The van der Waals surface area contributed by atoms with Gasteiger partial charge in [-0.05, 0) is 29.8 Å². The molecule has 0 bridgehead atoms. The summed E-state index contributed by atoms with van der Waals surface area (Å²) in [4.78, 5) is 24.2. The second-order valence-electron chi connectivity index (χ2n) is 4.79. The van der Waals surface area contributed by atoms with E-state index in [-0.39, 0.29) is 12.5 Å². The van der Waals surface area contributed by atoms with Crippen molar-refractivity contribution in [2.45, 2.75) is 0 Å².